The molecule has 0 aliphatic carbocycles. The first kappa shape index (κ1) is 18.0. The zero-order valence-corrected chi connectivity index (χ0v) is 13.2. The largest absolute Gasteiger partial charge is 0.481 e. The highest BCUT2D eigenvalue weighted by Gasteiger charge is 2.27. The molecule has 1 atom stereocenters. The molecule has 1 aromatic carbocycles. The number of aliphatic hydroxyl groups excluding tert-OH is 1. The highest BCUT2D eigenvalue weighted by atomic mass is 16.6. The summed E-state index contributed by atoms with van der Waals surface area (Å²) >= 11 is 0. The first-order chi connectivity index (χ1) is 10.2. The molecule has 0 saturated carbocycles. The first-order valence-electron chi connectivity index (χ1n) is 7.08. The summed E-state index contributed by atoms with van der Waals surface area (Å²) in [6.07, 6.45) is -0.601. The molecule has 0 aliphatic heterocycles. The van der Waals surface area contributed by atoms with Crippen LogP contribution in [0.4, 0.5) is 4.79 Å². The molecule has 0 fully saturated rings. The van der Waals surface area contributed by atoms with Gasteiger partial charge in [0.15, 0.2) is 0 Å². The van der Waals surface area contributed by atoms with Gasteiger partial charge in [-0.15, -0.1) is 0 Å². The van der Waals surface area contributed by atoms with Crippen LogP contribution in [0.15, 0.2) is 30.3 Å². The van der Waals surface area contributed by atoms with Crippen LogP contribution in [0.1, 0.15) is 26.3 Å². The van der Waals surface area contributed by atoms with Crippen molar-refractivity contribution in [3.05, 3.63) is 35.9 Å². The summed E-state index contributed by atoms with van der Waals surface area (Å²) in [7, 11) is 0. The van der Waals surface area contributed by atoms with Crippen molar-refractivity contribution in [2.75, 3.05) is 13.2 Å². The fourth-order valence-electron chi connectivity index (χ4n) is 1.81. The maximum atomic E-state index is 12.3. The van der Waals surface area contributed by atoms with Crippen molar-refractivity contribution in [1.29, 1.82) is 0 Å². The molecule has 0 aliphatic rings. The molecule has 1 aromatic rings. The van der Waals surface area contributed by atoms with Crippen molar-refractivity contribution in [3.8, 4) is 0 Å². The Hall–Kier alpha value is -2.08. The van der Waals surface area contributed by atoms with Gasteiger partial charge in [-0.25, -0.2) is 4.79 Å². The molecule has 0 radical (unpaired) electrons. The molecule has 6 nitrogen and oxygen atoms in total. The van der Waals surface area contributed by atoms with E-state index in [0.29, 0.717) is 0 Å². The van der Waals surface area contributed by atoms with Gasteiger partial charge in [0.1, 0.15) is 5.60 Å². The Kier molecular flexibility index (Phi) is 6.37. The minimum Gasteiger partial charge on any atom is -0.481 e. The van der Waals surface area contributed by atoms with E-state index in [0.717, 1.165) is 5.56 Å². The normalized spacial score (nSPS) is 12.5. The Morgan fingerprint density at radius 2 is 1.82 bits per heavy atom. The Bertz CT molecular complexity index is 495. The van der Waals surface area contributed by atoms with Crippen molar-refractivity contribution in [2.24, 2.45) is 5.92 Å². The van der Waals surface area contributed by atoms with Gasteiger partial charge in [-0.2, -0.15) is 0 Å². The number of carbonyl (C=O) groups is 2. The van der Waals surface area contributed by atoms with Crippen LogP contribution >= 0.6 is 0 Å². The Morgan fingerprint density at radius 3 is 2.27 bits per heavy atom. The van der Waals surface area contributed by atoms with Gasteiger partial charge in [-0.1, -0.05) is 30.3 Å². The van der Waals surface area contributed by atoms with E-state index in [1.54, 1.807) is 20.8 Å². The van der Waals surface area contributed by atoms with Gasteiger partial charge in [0.2, 0.25) is 0 Å². The molecule has 1 rings (SSSR count). The summed E-state index contributed by atoms with van der Waals surface area (Å²) in [5.74, 6) is -2.19. The molecular formula is C16H23NO5. The molecule has 0 aromatic heterocycles. The molecule has 0 bridgehead atoms. The van der Waals surface area contributed by atoms with Crippen LogP contribution in [0.25, 0.3) is 0 Å². The summed E-state index contributed by atoms with van der Waals surface area (Å²) in [5, 5.41) is 18.2. The number of hydrogen-bond donors (Lipinski definition) is 2. The standard InChI is InChI=1S/C16H23NO5/c1-16(2,3)22-15(21)17(10-13(11-18)14(19)20)9-12-7-5-4-6-8-12/h4-8,13,18H,9-11H2,1-3H3,(H,19,20). The van der Waals surface area contributed by atoms with Crippen LogP contribution in [0.5, 0.6) is 0 Å². The number of carbonyl (C=O) groups excluding carboxylic acids is 1. The number of aliphatic hydroxyl groups is 1. The monoisotopic (exact) mass is 309 g/mol. The third-order valence-corrected chi connectivity index (χ3v) is 2.88. The van der Waals surface area contributed by atoms with Crippen molar-refractivity contribution >= 4 is 12.1 Å². The number of hydrogen-bond acceptors (Lipinski definition) is 4. The number of ether oxygens (including phenoxy) is 1. The Morgan fingerprint density at radius 1 is 1.23 bits per heavy atom. The fourth-order valence-corrected chi connectivity index (χ4v) is 1.81. The van der Waals surface area contributed by atoms with Gasteiger partial charge in [-0.3, -0.25) is 4.79 Å². The van der Waals surface area contributed by atoms with Crippen LogP contribution < -0.4 is 0 Å². The number of amides is 1. The summed E-state index contributed by atoms with van der Waals surface area (Å²) in [6.45, 7) is 4.80. The molecule has 22 heavy (non-hydrogen) atoms. The number of nitrogens with zero attached hydrogens (tertiary/aromatic N) is 1. The van der Waals surface area contributed by atoms with E-state index >= 15 is 0 Å². The maximum Gasteiger partial charge on any atom is 0.410 e. The number of aliphatic carboxylic acids is 1. The average Bonchev–Trinajstić information content (AvgIpc) is 2.42. The van der Waals surface area contributed by atoms with E-state index in [2.05, 4.69) is 0 Å². The highest BCUT2D eigenvalue weighted by Crippen LogP contribution is 2.14. The number of benzene rings is 1. The lowest BCUT2D eigenvalue weighted by atomic mass is 10.1. The fraction of sp³-hybridized carbons (Fsp3) is 0.500. The van der Waals surface area contributed by atoms with Crippen LogP contribution in [0, 0.1) is 5.92 Å². The van der Waals surface area contributed by atoms with Crippen LogP contribution in [-0.2, 0) is 16.1 Å². The van der Waals surface area contributed by atoms with Gasteiger partial charge in [0.05, 0.1) is 12.5 Å². The van der Waals surface area contributed by atoms with E-state index in [9.17, 15) is 9.59 Å². The predicted octanol–water partition coefficient (Wildman–Crippen LogP) is 2.12. The molecule has 0 heterocycles. The van der Waals surface area contributed by atoms with Crippen molar-refractivity contribution < 1.29 is 24.5 Å². The molecule has 1 amide bonds. The average molecular weight is 309 g/mol. The topological polar surface area (TPSA) is 87.1 Å². The summed E-state index contributed by atoms with van der Waals surface area (Å²) < 4.78 is 5.31. The molecule has 6 heteroatoms. The van der Waals surface area contributed by atoms with Crippen molar-refractivity contribution in [1.82, 2.24) is 4.90 Å². The van der Waals surface area contributed by atoms with E-state index < -0.39 is 30.2 Å². The third kappa shape index (κ3) is 6.13. The van der Waals surface area contributed by atoms with E-state index in [4.69, 9.17) is 14.9 Å². The smallest absolute Gasteiger partial charge is 0.410 e. The van der Waals surface area contributed by atoms with Crippen molar-refractivity contribution in [2.45, 2.75) is 32.9 Å². The second kappa shape index (κ2) is 7.79. The van der Waals surface area contributed by atoms with Gasteiger partial charge in [0.25, 0.3) is 0 Å². The molecule has 0 spiro atoms. The Labute approximate surface area is 130 Å². The lowest BCUT2D eigenvalue weighted by Gasteiger charge is -2.29. The van der Waals surface area contributed by atoms with E-state index in [1.165, 1.54) is 4.90 Å². The van der Waals surface area contributed by atoms with E-state index in [1.807, 2.05) is 30.3 Å². The number of rotatable bonds is 6. The summed E-state index contributed by atoms with van der Waals surface area (Å²) in [6, 6.07) is 9.21. The minimum absolute atomic E-state index is 0.115. The SMILES string of the molecule is CC(C)(C)OC(=O)N(Cc1ccccc1)CC(CO)C(=O)O. The zero-order chi connectivity index (χ0) is 16.8. The van der Waals surface area contributed by atoms with Crippen LogP contribution in [-0.4, -0.2) is 45.9 Å². The van der Waals surface area contributed by atoms with Gasteiger partial charge in [-0.05, 0) is 26.3 Å². The van der Waals surface area contributed by atoms with Crippen LogP contribution in [0.3, 0.4) is 0 Å². The maximum absolute atomic E-state index is 12.3. The summed E-state index contributed by atoms with van der Waals surface area (Å²) in [5.41, 5.74) is 0.180. The number of carboxylic acids is 1. The Balaban J connectivity index is 2.89. The first-order valence-corrected chi connectivity index (χ1v) is 7.08. The highest BCUT2D eigenvalue weighted by molar-refractivity contribution is 5.73. The number of carboxylic acid groups (broad SMARTS) is 1. The molecule has 122 valence electrons. The minimum atomic E-state index is -1.15. The van der Waals surface area contributed by atoms with Gasteiger partial charge in [0, 0.05) is 13.1 Å². The second-order valence-corrected chi connectivity index (χ2v) is 6.06. The van der Waals surface area contributed by atoms with Crippen LogP contribution in [0.2, 0.25) is 0 Å². The quantitative estimate of drug-likeness (QED) is 0.840. The summed E-state index contributed by atoms with van der Waals surface area (Å²) in [4.78, 5) is 24.7. The second-order valence-electron chi connectivity index (χ2n) is 6.06. The van der Waals surface area contributed by atoms with Gasteiger partial charge >= 0.3 is 12.1 Å². The lowest BCUT2D eigenvalue weighted by Crippen LogP contribution is -2.41. The van der Waals surface area contributed by atoms with Gasteiger partial charge < -0.3 is 19.8 Å². The lowest BCUT2D eigenvalue weighted by molar-refractivity contribution is -0.143. The molecule has 2 N–H and O–H groups in total. The molecule has 0 saturated heterocycles. The zero-order valence-electron chi connectivity index (χ0n) is 13.2. The van der Waals surface area contributed by atoms with Crippen molar-refractivity contribution in [3.63, 3.8) is 0 Å². The predicted molar refractivity (Wildman–Crippen MR) is 81.3 cm³/mol. The molecular weight excluding hydrogens is 286 g/mol. The molecule has 1 unspecified atom stereocenters. The van der Waals surface area contributed by atoms with E-state index in [-0.39, 0.29) is 13.1 Å². The third-order valence-electron chi connectivity index (χ3n) is 2.88.